The van der Waals surface area contributed by atoms with Gasteiger partial charge in [-0.25, -0.2) is 0 Å². The Hall–Kier alpha value is -0.290. The van der Waals surface area contributed by atoms with Gasteiger partial charge in [0.05, 0.1) is 0 Å². The van der Waals surface area contributed by atoms with Crippen molar-refractivity contribution in [2.24, 2.45) is 5.92 Å². The van der Waals surface area contributed by atoms with Gasteiger partial charge in [-0.3, -0.25) is 0 Å². The van der Waals surface area contributed by atoms with Crippen molar-refractivity contribution in [2.75, 3.05) is 19.8 Å². The van der Waals surface area contributed by atoms with Crippen LogP contribution in [0.15, 0.2) is 0 Å². The Kier molecular flexibility index (Phi) is 5.55. The van der Waals surface area contributed by atoms with E-state index in [1.54, 1.807) is 0 Å². The molecule has 1 aliphatic heterocycles. The van der Waals surface area contributed by atoms with Crippen LogP contribution in [0, 0.1) is 5.92 Å². The van der Waals surface area contributed by atoms with E-state index >= 15 is 0 Å². The predicted molar refractivity (Wildman–Crippen MR) is 56.3 cm³/mol. The van der Waals surface area contributed by atoms with Crippen molar-refractivity contribution in [2.45, 2.75) is 44.8 Å². The van der Waals surface area contributed by atoms with Gasteiger partial charge in [0.15, 0.2) is 0 Å². The van der Waals surface area contributed by atoms with Crippen LogP contribution < -0.4 is 5.32 Å². The highest BCUT2D eigenvalue weighted by Crippen LogP contribution is 2.21. The fourth-order valence-electron chi connectivity index (χ4n) is 2.00. The van der Waals surface area contributed by atoms with Crippen LogP contribution in [0.3, 0.4) is 0 Å². The number of halogens is 3. The van der Waals surface area contributed by atoms with Crippen molar-refractivity contribution < 1.29 is 17.9 Å². The molecule has 1 aliphatic rings. The Morgan fingerprint density at radius 1 is 1.31 bits per heavy atom. The Balaban J connectivity index is 2.07. The summed E-state index contributed by atoms with van der Waals surface area (Å²) in [5, 5.41) is 3.17. The monoisotopic (exact) mass is 239 g/mol. The zero-order valence-corrected chi connectivity index (χ0v) is 9.65. The van der Waals surface area contributed by atoms with Crippen molar-refractivity contribution in [3.63, 3.8) is 0 Å². The molecule has 16 heavy (non-hydrogen) atoms. The van der Waals surface area contributed by atoms with Crippen LogP contribution in [0.1, 0.15) is 32.6 Å². The average molecular weight is 239 g/mol. The first-order valence-corrected chi connectivity index (χ1v) is 5.87. The molecule has 0 saturated carbocycles. The van der Waals surface area contributed by atoms with Crippen molar-refractivity contribution in [3.8, 4) is 0 Å². The van der Waals surface area contributed by atoms with Crippen LogP contribution in [0.25, 0.3) is 0 Å². The molecular formula is C11H20F3NO. The number of nitrogens with one attached hydrogen (secondary N) is 1. The van der Waals surface area contributed by atoms with E-state index in [0.29, 0.717) is 12.5 Å². The summed E-state index contributed by atoms with van der Waals surface area (Å²) in [7, 11) is 0. The molecule has 1 rings (SSSR count). The van der Waals surface area contributed by atoms with Gasteiger partial charge in [0.25, 0.3) is 0 Å². The van der Waals surface area contributed by atoms with E-state index in [9.17, 15) is 13.2 Å². The molecule has 0 aromatic carbocycles. The van der Waals surface area contributed by atoms with E-state index < -0.39 is 12.6 Å². The van der Waals surface area contributed by atoms with Gasteiger partial charge in [-0.15, -0.1) is 0 Å². The summed E-state index contributed by atoms with van der Waals surface area (Å²) in [6, 6.07) is 0.289. The van der Waals surface area contributed by atoms with Crippen LogP contribution in [-0.2, 0) is 4.74 Å². The summed E-state index contributed by atoms with van der Waals surface area (Å²) in [6.45, 7) is 4.04. The second-order valence-corrected chi connectivity index (χ2v) is 4.41. The smallest absolute Gasteiger partial charge is 0.381 e. The van der Waals surface area contributed by atoms with Gasteiger partial charge >= 0.3 is 6.18 Å². The summed E-state index contributed by atoms with van der Waals surface area (Å²) < 4.78 is 40.9. The lowest BCUT2D eigenvalue weighted by molar-refractivity contribution is -0.135. The van der Waals surface area contributed by atoms with Gasteiger partial charge in [-0.05, 0) is 38.6 Å². The molecule has 0 aliphatic carbocycles. The van der Waals surface area contributed by atoms with Crippen LogP contribution >= 0.6 is 0 Å². The Morgan fingerprint density at radius 2 is 1.94 bits per heavy atom. The van der Waals surface area contributed by atoms with Gasteiger partial charge in [0.1, 0.15) is 0 Å². The van der Waals surface area contributed by atoms with Gasteiger partial charge in [-0.2, -0.15) is 13.2 Å². The minimum atomic E-state index is -4.02. The highest BCUT2D eigenvalue weighted by atomic mass is 19.4. The molecule has 1 N–H and O–H groups in total. The average Bonchev–Trinajstić information content (AvgIpc) is 2.24. The lowest BCUT2D eigenvalue weighted by atomic mass is 9.93. The highest BCUT2D eigenvalue weighted by molar-refractivity contribution is 4.74. The maximum Gasteiger partial charge on any atom is 0.389 e. The molecule has 0 aromatic rings. The summed E-state index contributed by atoms with van der Waals surface area (Å²) in [5.74, 6) is 0.541. The van der Waals surface area contributed by atoms with Gasteiger partial charge in [0.2, 0.25) is 0 Å². The summed E-state index contributed by atoms with van der Waals surface area (Å²) >= 11 is 0. The summed E-state index contributed by atoms with van der Waals surface area (Å²) in [6.07, 6.45) is -2.54. The third kappa shape index (κ3) is 5.70. The fourth-order valence-corrected chi connectivity index (χ4v) is 2.00. The minimum Gasteiger partial charge on any atom is -0.381 e. The third-order valence-electron chi connectivity index (χ3n) is 3.08. The number of rotatable bonds is 5. The molecule has 1 atom stereocenters. The summed E-state index contributed by atoms with van der Waals surface area (Å²) in [5.41, 5.74) is 0. The van der Waals surface area contributed by atoms with Gasteiger partial charge in [0, 0.05) is 25.7 Å². The second kappa shape index (κ2) is 6.45. The molecule has 0 spiro atoms. The van der Waals surface area contributed by atoms with Crippen molar-refractivity contribution in [1.82, 2.24) is 5.32 Å². The number of hydrogen-bond acceptors (Lipinski definition) is 2. The van der Waals surface area contributed by atoms with Crippen LogP contribution in [0.5, 0.6) is 0 Å². The normalized spacial score (nSPS) is 21.0. The Morgan fingerprint density at radius 3 is 2.50 bits per heavy atom. The van der Waals surface area contributed by atoms with Crippen LogP contribution in [0.2, 0.25) is 0 Å². The SMILES string of the molecule is CC(NCCCC(F)(F)F)C1CCOCC1. The third-order valence-corrected chi connectivity index (χ3v) is 3.08. The number of ether oxygens (including phenoxy) is 1. The van der Waals surface area contributed by atoms with Crippen LogP contribution in [-0.4, -0.2) is 32.0 Å². The van der Waals surface area contributed by atoms with E-state index in [1.165, 1.54) is 0 Å². The first kappa shape index (κ1) is 13.8. The topological polar surface area (TPSA) is 21.3 Å². The molecular weight excluding hydrogens is 219 g/mol. The molecule has 1 unspecified atom stereocenters. The van der Waals surface area contributed by atoms with E-state index in [2.05, 4.69) is 5.32 Å². The van der Waals surface area contributed by atoms with Crippen LogP contribution in [0.4, 0.5) is 13.2 Å². The molecule has 0 radical (unpaired) electrons. The zero-order valence-electron chi connectivity index (χ0n) is 9.65. The molecule has 1 saturated heterocycles. The van der Waals surface area contributed by atoms with Gasteiger partial charge in [-0.1, -0.05) is 0 Å². The maximum atomic E-state index is 11.9. The molecule has 0 bridgehead atoms. The first-order chi connectivity index (χ1) is 7.49. The molecule has 0 aromatic heterocycles. The predicted octanol–water partition coefficient (Wildman–Crippen LogP) is 2.73. The Bertz CT molecular complexity index is 190. The molecule has 0 amide bonds. The largest absolute Gasteiger partial charge is 0.389 e. The highest BCUT2D eigenvalue weighted by Gasteiger charge is 2.26. The lowest BCUT2D eigenvalue weighted by Gasteiger charge is -2.28. The Labute approximate surface area is 94.5 Å². The minimum absolute atomic E-state index is 0.164. The second-order valence-electron chi connectivity index (χ2n) is 4.41. The number of hydrogen-bond donors (Lipinski definition) is 1. The van der Waals surface area contributed by atoms with E-state index in [1.807, 2.05) is 6.92 Å². The quantitative estimate of drug-likeness (QED) is 0.745. The van der Waals surface area contributed by atoms with Crippen molar-refractivity contribution in [3.05, 3.63) is 0 Å². The van der Waals surface area contributed by atoms with E-state index in [-0.39, 0.29) is 12.5 Å². The van der Waals surface area contributed by atoms with Crippen molar-refractivity contribution in [1.29, 1.82) is 0 Å². The number of alkyl halides is 3. The van der Waals surface area contributed by atoms with E-state index in [0.717, 1.165) is 26.1 Å². The lowest BCUT2D eigenvalue weighted by Crippen LogP contribution is -2.37. The molecule has 5 heteroatoms. The zero-order chi connectivity index (χ0) is 12.0. The summed E-state index contributed by atoms with van der Waals surface area (Å²) in [4.78, 5) is 0. The van der Waals surface area contributed by atoms with Crippen molar-refractivity contribution >= 4 is 0 Å². The van der Waals surface area contributed by atoms with E-state index in [4.69, 9.17) is 4.74 Å². The first-order valence-electron chi connectivity index (χ1n) is 5.87. The molecule has 1 heterocycles. The standard InChI is InChI=1S/C11H20F3NO/c1-9(10-3-7-16-8-4-10)15-6-2-5-11(12,13)14/h9-10,15H,2-8H2,1H3. The molecule has 96 valence electrons. The molecule has 1 fully saturated rings. The molecule has 2 nitrogen and oxygen atoms in total. The maximum absolute atomic E-state index is 11.9. The van der Waals surface area contributed by atoms with Gasteiger partial charge < -0.3 is 10.1 Å². The fraction of sp³-hybridized carbons (Fsp3) is 1.00.